The average Bonchev–Trinajstić information content (AvgIpc) is 2.28. The van der Waals surface area contributed by atoms with Gasteiger partial charge in [-0.05, 0) is 37.1 Å². The molecule has 1 aromatic rings. The van der Waals surface area contributed by atoms with Gasteiger partial charge in [-0.1, -0.05) is 12.1 Å². The van der Waals surface area contributed by atoms with Gasteiger partial charge in [0, 0.05) is 7.11 Å². The van der Waals surface area contributed by atoms with Gasteiger partial charge >= 0.3 is 9.92 Å². The number of benzene rings is 1. The quantitative estimate of drug-likeness (QED) is 0.433. The van der Waals surface area contributed by atoms with E-state index in [1.807, 2.05) is 0 Å². The van der Waals surface area contributed by atoms with Crippen molar-refractivity contribution < 1.29 is 17.4 Å². The van der Waals surface area contributed by atoms with E-state index in [2.05, 4.69) is 4.98 Å². The van der Waals surface area contributed by atoms with Crippen molar-refractivity contribution in [3.63, 3.8) is 0 Å². The highest BCUT2D eigenvalue weighted by Crippen LogP contribution is 2.11. The summed E-state index contributed by atoms with van der Waals surface area (Å²) in [6.45, 7) is 0.854. The predicted molar refractivity (Wildman–Crippen MR) is 65.3 cm³/mol. The Labute approximate surface area is 104 Å². The Hall–Kier alpha value is -0.733. The summed E-state index contributed by atoms with van der Waals surface area (Å²) in [7, 11) is -2.13. The van der Waals surface area contributed by atoms with Gasteiger partial charge in [0.1, 0.15) is 0 Å². The number of hydrogen-bond donors (Lipinski definition) is 2. The minimum atomic E-state index is -4.08. The first kappa shape index (κ1) is 14.3. The Morgan fingerprint density at radius 2 is 2.00 bits per heavy atom. The molecule has 0 unspecified atom stereocenters. The molecule has 2 radical (unpaired) electrons. The summed E-state index contributed by atoms with van der Waals surface area (Å²) < 4.78 is 35.3. The van der Waals surface area contributed by atoms with Crippen molar-refractivity contribution in [2.45, 2.75) is 17.7 Å². The van der Waals surface area contributed by atoms with Crippen molar-refractivity contribution in [3.05, 3.63) is 29.8 Å². The standard InChI is InChI=1S/C10H15NO4SSi/c1-15-17-11-8-2-3-9-4-6-10(7-5-9)16(12,13)14/h4-7,11H,2-3,8H2,1H3,(H,12,13,14). The van der Waals surface area contributed by atoms with Gasteiger partial charge in [0.2, 0.25) is 0 Å². The molecule has 0 saturated carbocycles. The second-order valence-corrected chi connectivity index (χ2v) is 5.84. The van der Waals surface area contributed by atoms with Crippen LogP contribution < -0.4 is 4.98 Å². The van der Waals surface area contributed by atoms with Crippen LogP contribution in [0.2, 0.25) is 0 Å². The number of hydrogen-bond acceptors (Lipinski definition) is 4. The van der Waals surface area contributed by atoms with E-state index in [0.717, 1.165) is 24.9 Å². The van der Waals surface area contributed by atoms with Crippen LogP contribution in [0.25, 0.3) is 0 Å². The van der Waals surface area contributed by atoms with Gasteiger partial charge in [0.05, 0.1) is 4.90 Å². The topological polar surface area (TPSA) is 75.6 Å². The summed E-state index contributed by atoms with van der Waals surface area (Å²) in [6.07, 6.45) is 1.80. The predicted octanol–water partition coefficient (Wildman–Crippen LogP) is 0.636. The molecule has 7 heteroatoms. The van der Waals surface area contributed by atoms with Gasteiger partial charge in [-0.25, -0.2) is 0 Å². The van der Waals surface area contributed by atoms with Gasteiger partial charge in [-0.15, -0.1) is 0 Å². The summed E-state index contributed by atoms with van der Waals surface area (Å²) in [6, 6.07) is 6.24. The normalized spacial score (nSPS) is 11.6. The third-order valence-electron chi connectivity index (χ3n) is 2.16. The number of nitrogens with one attached hydrogen (secondary N) is 1. The molecule has 0 aliphatic carbocycles. The molecule has 0 fully saturated rings. The van der Waals surface area contributed by atoms with Gasteiger partial charge in [0.15, 0.2) is 0 Å². The molecule has 2 N–H and O–H groups in total. The lowest BCUT2D eigenvalue weighted by Crippen LogP contribution is -2.22. The van der Waals surface area contributed by atoms with E-state index in [9.17, 15) is 8.42 Å². The van der Waals surface area contributed by atoms with Crippen molar-refractivity contribution in [2.75, 3.05) is 13.7 Å². The van der Waals surface area contributed by atoms with Gasteiger partial charge in [0.25, 0.3) is 10.1 Å². The first-order chi connectivity index (χ1) is 8.04. The second-order valence-electron chi connectivity index (χ2n) is 3.46. The molecular weight excluding hydrogens is 258 g/mol. The van der Waals surface area contributed by atoms with Crippen LogP contribution >= 0.6 is 0 Å². The van der Waals surface area contributed by atoms with Gasteiger partial charge in [-0.3, -0.25) is 4.55 Å². The molecule has 0 heterocycles. The molecule has 0 saturated heterocycles. The van der Waals surface area contributed by atoms with E-state index in [1.54, 1.807) is 19.2 Å². The van der Waals surface area contributed by atoms with E-state index in [0.29, 0.717) is 9.92 Å². The lowest BCUT2D eigenvalue weighted by atomic mass is 10.1. The summed E-state index contributed by atoms with van der Waals surface area (Å²) >= 11 is 0. The lowest BCUT2D eigenvalue weighted by Gasteiger charge is -2.03. The van der Waals surface area contributed by atoms with Crippen LogP contribution in [0.3, 0.4) is 0 Å². The molecule has 0 bridgehead atoms. The van der Waals surface area contributed by atoms with Crippen LogP contribution in [0.1, 0.15) is 12.0 Å². The smallest absolute Gasteiger partial charge is 0.337 e. The summed E-state index contributed by atoms with van der Waals surface area (Å²) in [5.41, 5.74) is 1.04. The summed E-state index contributed by atoms with van der Waals surface area (Å²) in [5.74, 6) is 0. The first-order valence-corrected chi connectivity index (χ1v) is 7.46. The van der Waals surface area contributed by atoms with Gasteiger partial charge in [-0.2, -0.15) is 8.42 Å². The monoisotopic (exact) mass is 273 g/mol. The maximum absolute atomic E-state index is 10.8. The van der Waals surface area contributed by atoms with Crippen molar-refractivity contribution in [2.24, 2.45) is 0 Å². The van der Waals surface area contributed by atoms with Crippen LogP contribution in [0.4, 0.5) is 0 Å². The van der Waals surface area contributed by atoms with Crippen molar-refractivity contribution in [1.29, 1.82) is 0 Å². The van der Waals surface area contributed by atoms with Crippen LogP contribution in [-0.2, 0) is 21.0 Å². The fourth-order valence-corrected chi connectivity index (χ4v) is 2.24. The fraction of sp³-hybridized carbons (Fsp3) is 0.400. The number of rotatable bonds is 7. The SMILES string of the molecule is CO[Si]NCCCc1ccc(S(=O)(=O)O)cc1. The minimum Gasteiger partial charge on any atom is -0.406 e. The zero-order chi connectivity index (χ0) is 12.7. The molecule has 0 atom stereocenters. The van der Waals surface area contributed by atoms with E-state index >= 15 is 0 Å². The van der Waals surface area contributed by atoms with Crippen LogP contribution in [0.15, 0.2) is 29.2 Å². The Morgan fingerprint density at radius 3 is 2.53 bits per heavy atom. The van der Waals surface area contributed by atoms with Crippen molar-refractivity contribution in [1.82, 2.24) is 4.98 Å². The molecule has 0 aromatic heterocycles. The average molecular weight is 273 g/mol. The minimum absolute atomic E-state index is 0.0692. The van der Waals surface area contributed by atoms with Crippen LogP contribution in [0.5, 0.6) is 0 Å². The molecule has 0 amide bonds. The van der Waals surface area contributed by atoms with Crippen LogP contribution in [0, 0.1) is 0 Å². The lowest BCUT2D eigenvalue weighted by molar-refractivity contribution is 0.430. The zero-order valence-electron chi connectivity index (χ0n) is 9.51. The maximum atomic E-state index is 10.8. The Bertz CT molecular complexity index is 432. The van der Waals surface area contributed by atoms with E-state index in [-0.39, 0.29) is 4.90 Å². The van der Waals surface area contributed by atoms with E-state index in [1.165, 1.54) is 12.1 Å². The maximum Gasteiger partial charge on any atom is 0.337 e. The second kappa shape index (κ2) is 6.87. The molecule has 0 spiro atoms. The van der Waals surface area contributed by atoms with E-state index < -0.39 is 10.1 Å². The first-order valence-electron chi connectivity index (χ1n) is 5.11. The largest absolute Gasteiger partial charge is 0.406 e. The number of aryl methyl sites for hydroxylation is 1. The van der Waals surface area contributed by atoms with Crippen LogP contribution in [-0.4, -0.2) is 36.5 Å². The Kier molecular flexibility index (Phi) is 5.79. The Balaban J connectivity index is 2.41. The van der Waals surface area contributed by atoms with Crippen molar-refractivity contribution >= 4 is 20.0 Å². The third kappa shape index (κ3) is 5.42. The molecule has 94 valence electrons. The van der Waals surface area contributed by atoms with E-state index in [4.69, 9.17) is 8.98 Å². The molecular formula is C10H15NO4SSi. The highest BCUT2D eigenvalue weighted by molar-refractivity contribution is 7.85. The fourth-order valence-electron chi connectivity index (χ4n) is 1.33. The molecule has 5 nitrogen and oxygen atoms in total. The Morgan fingerprint density at radius 1 is 1.35 bits per heavy atom. The van der Waals surface area contributed by atoms with Crippen molar-refractivity contribution in [3.8, 4) is 0 Å². The van der Waals surface area contributed by atoms with Gasteiger partial charge < -0.3 is 9.41 Å². The summed E-state index contributed by atoms with van der Waals surface area (Å²) in [4.78, 5) is 3.04. The molecule has 0 aliphatic heterocycles. The molecule has 1 rings (SSSR count). The molecule has 1 aromatic carbocycles. The third-order valence-corrected chi connectivity index (χ3v) is 3.63. The highest BCUT2D eigenvalue weighted by atomic mass is 32.2. The molecule has 0 aliphatic rings. The summed E-state index contributed by atoms with van der Waals surface area (Å²) in [5, 5.41) is 0. The zero-order valence-corrected chi connectivity index (χ0v) is 11.3. The highest BCUT2D eigenvalue weighted by Gasteiger charge is 2.07. The molecule has 17 heavy (non-hydrogen) atoms.